The summed E-state index contributed by atoms with van der Waals surface area (Å²) in [4.78, 5) is 19.3. The highest BCUT2D eigenvalue weighted by Gasteiger charge is 2.13. The first-order valence-electron chi connectivity index (χ1n) is 9.92. The number of carbonyl (C=O) groups is 1. The first-order valence-corrected chi connectivity index (χ1v) is 10.9. The highest BCUT2D eigenvalue weighted by molar-refractivity contribution is 7.98. The fourth-order valence-electron chi connectivity index (χ4n) is 3.52. The van der Waals surface area contributed by atoms with Gasteiger partial charge in [-0.05, 0) is 48.7 Å². The summed E-state index contributed by atoms with van der Waals surface area (Å²) < 4.78 is 0. The zero-order valence-corrected chi connectivity index (χ0v) is 17.1. The van der Waals surface area contributed by atoms with Crippen LogP contribution in [0.1, 0.15) is 39.9 Å². The second-order valence-corrected chi connectivity index (χ2v) is 8.18. The van der Waals surface area contributed by atoms with E-state index in [9.17, 15) is 4.79 Å². The molecule has 1 saturated heterocycles. The van der Waals surface area contributed by atoms with Gasteiger partial charge in [0.1, 0.15) is 6.33 Å². The van der Waals surface area contributed by atoms with Crippen molar-refractivity contribution >= 4 is 17.7 Å². The highest BCUT2D eigenvalue weighted by Crippen LogP contribution is 2.21. The van der Waals surface area contributed by atoms with Crippen molar-refractivity contribution < 1.29 is 4.79 Å². The van der Waals surface area contributed by atoms with E-state index < -0.39 is 0 Å². The lowest BCUT2D eigenvalue weighted by Gasteiger charge is -2.15. The van der Waals surface area contributed by atoms with Gasteiger partial charge in [-0.2, -0.15) is 5.10 Å². The van der Waals surface area contributed by atoms with Crippen LogP contribution in [0.25, 0.3) is 0 Å². The number of H-pyrrole nitrogens is 1. The van der Waals surface area contributed by atoms with Crippen LogP contribution in [0.5, 0.6) is 0 Å². The molecule has 6 nitrogen and oxygen atoms in total. The van der Waals surface area contributed by atoms with Crippen molar-refractivity contribution in [3.05, 3.63) is 77.1 Å². The van der Waals surface area contributed by atoms with Crippen molar-refractivity contribution in [2.45, 2.75) is 36.8 Å². The molecule has 2 aromatic carbocycles. The normalized spacial score (nSPS) is 14.2. The number of rotatable bonds is 8. The molecule has 0 saturated carbocycles. The molecule has 0 aliphatic carbocycles. The maximum atomic E-state index is 12.7. The lowest BCUT2D eigenvalue weighted by atomic mass is 10.1. The quantitative estimate of drug-likeness (QED) is 0.558. The molecule has 3 aromatic rings. The SMILES string of the molecule is O=C(NCc1ccc(CN2CCCC2)cc1)c1ccccc1CSc1ncn[nH]1. The van der Waals surface area contributed by atoms with E-state index in [1.54, 1.807) is 0 Å². The minimum Gasteiger partial charge on any atom is -0.348 e. The molecule has 150 valence electrons. The first kappa shape index (κ1) is 19.7. The van der Waals surface area contributed by atoms with Gasteiger partial charge in [0.15, 0.2) is 5.16 Å². The van der Waals surface area contributed by atoms with E-state index in [1.165, 1.54) is 49.6 Å². The highest BCUT2D eigenvalue weighted by atomic mass is 32.2. The van der Waals surface area contributed by atoms with Gasteiger partial charge >= 0.3 is 0 Å². The fourth-order valence-corrected chi connectivity index (χ4v) is 4.30. The molecular formula is C22H25N5OS. The van der Waals surface area contributed by atoms with Crippen LogP contribution >= 0.6 is 11.8 Å². The zero-order valence-electron chi connectivity index (χ0n) is 16.3. The van der Waals surface area contributed by atoms with Gasteiger partial charge in [0, 0.05) is 24.4 Å². The van der Waals surface area contributed by atoms with Crippen LogP contribution in [0.15, 0.2) is 60.0 Å². The molecular weight excluding hydrogens is 382 g/mol. The summed E-state index contributed by atoms with van der Waals surface area (Å²) in [5.74, 6) is 0.601. The Morgan fingerprint density at radius 2 is 1.83 bits per heavy atom. The predicted octanol–water partition coefficient (Wildman–Crippen LogP) is 3.62. The average molecular weight is 408 g/mol. The molecule has 7 heteroatoms. The zero-order chi connectivity index (χ0) is 19.9. The number of aromatic nitrogens is 3. The summed E-state index contributed by atoms with van der Waals surface area (Å²) in [6.45, 7) is 3.94. The van der Waals surface area contributed by atoms with Crippen molar-refractivity contribution in [2.75, 3.05) is 13.1 Å². The predicted molar refractivity (Wildman–Crippen MR) is 115 cm³/mol. The van der Waals surface area contributed by atoms with Gasteiger partial charge in [-0.25, -0.2) is 4.98 Å². The Bertz CT molecular complexity index is 921. The van der Waals surface area contributed by atoms with Crippen molar-refractivity contribution in [3.63, 3.8) is 0 Å². The van der Waals surface area contributed by atoms with Crippen molar-refractivity contribution in [1.82, 2.24) is 25.4 Å². The minimum absolute atomic E-state index is 0.0556. The Kier molecular flexibility index (Phi) is 6.59. The number of carbonyl (C=O) groups excluding carboxylic acids is 1. The minimum atomic E-state index is -0.0556. The molecule has 1 fully saturated rings. The van der Waals surface area contributed by atoms with Crippen LogP contribution in [0, 0.1) is 0 Å². The van der Waals surface area contributed by atoms with E-state index >= 15 is 0 Å². The van der Waals surface area contributed by atoms with Crippen molar-refractivity contribution in [2.24, 2.45) is 0 Å². The Labute approximate surface area is 175 Å². The molecule has 29 heavy (non-hydrogen) atoms. The lowest BCUT2D eigenvalue weighted by molar-refractivity contribution is 0.0950. The van der Waals surface area contributed by atoms with Crippen molar-refractivity contribution in [1.29, 1.82) is 0 Å². The fraction of sp³-hybridized carbons (Fsp3) is 0.318. The maximum absolute atomic E-state index is 12.7. The summed E-state index contributed by atoms with van der Waals surface area (Å²) in [5, 5.41) is 10.5. The number of benzene rings is 2. The summed E-state index contributed by atoms with van der Waals surface area (Å²) in [7, 11) is 0. The number of nitrogens with one attached hydrogen (secondary N) is 2. The molecule has 2 heterocycles. The summed E-state index contributed by atoms with van der Waals surface area (Å²) >= 11 is 1.53. The van der Waals surface area contributed by atoms with Gasteiger partial charge in [0.25, 0.3) is 5.91 Å². The van der Waals surface area contributed by atoms with E-state index in [2.05, 4.69) is 49.7 Å². The van der Waals surface area contributed by atoms with Crippen LogP contribution in [0.3, 0.4) is 0 Å². The molecule has 1 aliphatic rings. The average Bonchev–Trinajstić information content (AvgIpc) is 3.46. The standard InChI is InChI=1S/C22H25N5OS/c28-21(20-6-2-1-5-19(20)15-29-22-24-16-25-26-22)23-13-17-7-9-18(10-8-17)14-27-11-3-4-12-27/h1-2,5-10,16H,3-4,11-15H2,(H,23,28)(H,24,25,26). The van der Waals surface area contributed by atoms with Gasteiger partial charge in [0.05, 0.1) is 0 Å². The lowest BCUT2D eigenvalue weighted by Crippen LogP contribution is -2.24. The first-order chi connectivity index (χ1) is 14.3. The van der Waals surface area contributed by atoms with Gasteiger partial charge in [-0.15, -0.1) is 0 Å². The van der Waals surface area contributed by atoms with Crippen LogP contribution in [0.4, 0.5) is 0 Å². The number of thioether (sulfide) groups is 1. The van der Waals surface area contributed by atoms with E-state index in [4.69, 9.17) is 0 Å². The Hall–Kier alpha value is -2.64. The number of amides is 1. The summed E-state index contributed by atoms with van der Waals surface area (Å²) in [6.07, 6.45) is 4.10. The molecule has 1 aromatic heterocycles. The Morgan fingerprint density at radius 1 is 1.07 bits per heavy atom. The number of aromatic amines is 1. The van der Waals surface area contributed by atoms with Gasteiger partial charge < -0.3 is 5.32 Å². The summed E-state index contributed by atoms with van der Waals surface area (Å²) in [6, 6.07) is 16.2. The number of nitrogens with zero attached hydrogens (tertiary/aromatic N) is 3. The van der Waals surface area contributed by atoms with Gasteiger partial charge in [0.2, 0.25) is 0 Å². The third-order valence-electron chi connectivity index (χ3n) is 5.10. The number of hydrogen-bond acceptors (Lipinski definition) is 5. The van der Waals surface area contributed by atoms with Gasteiger partial charge in [-0.3, -0.25) is 14.8 Å². The van der Waals surface area contributed by atoms with Crippen LogP contribution in [-0.4, -0.2) is 39.1 Å². The molecule has 2 N–H and O–H groups in total. The molecule has 0 bridgehead atoms. The van der Waals surface area contributed by atoms with Crippen molar-refractivity contribution in [3.8, 4) is 0 Å². The monoisotopic (exact) mass is 407 g/mol. The van der Waals surface area contributed by atoms with E-state index in [1.807, 2.05) is 24.3 Å². The smallest absolute Gasteiger partial charge is 0.251 e. The van der Waals surface area contributed by atoms with Crippen LogP contribution in [-0.2, 0) is 18.8 Å². The number of hydrogen-bond donors (Lipinski definition) is 2. The largest absolute Gasteiger partial charge is 0.348 e. The Morgan fingerprint density at radius 3 is 2.59 bits per heavy atom. The molecule has 0 spiro atoms. The van der Waals surface area contributed by atoms with E-state index in [0.29, 0.717) is 17.9 Å². The molecule has 4 rings (SSSR count). The second kappa shape index (κ2) is 9.71. The summed E-state index contributed by atoms with van der Waals surface area (Å²) in [5.41, 5.74) is 4.12. The molecule has 1 aliphatic heterocycles. The molecule has 0 atom stereocenters. The topological polar surface area (TPSA) is 73.9 Å². The number of likely N-dealkylation sites (tertiary alicyclic amines) is 1. The molecule has 1 amide bonds. The third kappa shape index (κ3) is 5.46. The molecule has 0 radical (unpaired) electrons. The second-order valence-electron chi connectivity index (χ2n) is 7.22. The van der Waals surface area contributed by atoms with E-state index in [0.717, 1.165) is 22.8 Å². The van der Waals surface area contributed by atoms with Gasteiger partial charge in [-0.1, -0.05) is 54.2 Å². The van der Waals surface area contributed by atoms with E-state index in [-0.39, 0.29) is 5.91 Å². The molecule has 0 unspecified atom stereocenters. The van der Waals surface area contributed by atoms with Crippen LogP contribution in [0.2, 0.25) is 0 Å². The third-order valence-corrected chi connectivity index (χ3v) is 6.03. The Balaban J connectivity index is 1.32. The maximum Gasteiger partial charge on any atom is 0.251 e. The van der Waals surface area contributed by atoms with Crippen LogP contribution < -0.4 is 5.32 Å².